The van der Waals surface area contributed by atoms with Gasteiger partial charge in [-0.1, -0.05) is 12.1 Å². The van der Waals surface area contributed by atoms with E-state index in [1.807, 2.05) is 0 Å². The van der Waals surface area contributed by atoms with Gasteiger partial charge in [-0.2, -0.15) is 0 Å². The number of nitrogens with zero attached hydrogens (tertiary/aromatic N) is 3. The fourth-order valence-electron chi connectivity index (χ4n) is 4.24. The topological polar surface area (TPSA) is 39.5 Å². The number of benzene rings is 2. The van der Waals surface area contributed by atoms with Gasteiger partial charge in [0, 0.05) is 13.6 Å². The lowest BCUT2D eigenvalue weighted by Crippen LogP contribution is -2.25. The van der Waals surface area contributed by atoms with E-state index in [1.165, 1.54) is 28.9 Å². The van der Waals surface area contributed by atoms with E-state index >= 15 is 0 Å². The molecule has 3 aromatic rings. The quantitative estimate of drug-likeness (QED) is 0.718. The Morgan fingerprint density at radius 2 is 1.96 bits per heavy atom. The first-order valence-corrected chi connectivity index (χ1v) is 9.25. The molecule has 0 spiro atoms. The van der Waals surface area contributed by atoms with Crippen LogP contribution in [0.15, 0.2) is 36.4 Å². The van der Waals surface area contributed by atoms with E-state index in [2.05, 4.69) is 59.8 Å². The highest BCUT2D eigenvalue weighted by Gasteiger charge is 2.30. The van der Waals surface area contributed by atoms with Gasteiger partial charge in [0.15, 0.2) is 11.5 Å². The Kier molecular flexibility index (Phi) is 3.64. The molecule has 26 heavy (non-hydrogen) atoms. The summed E-state index contributed by atoms with van der Waals surface area (Å²) in [6.07, 6.45) is 2.36. The number of imidazole rings is 1. The van der Waals surface area contributed by atoms with Gasteiger partial charge in [-0.3, -0.25) is 4.90 Å². The molecule has 5 heteroatoms. The minimum Gasteiger partial charge on any atom is -0.454 e. The van der Waals surface area contributed by atoms with Crippen LogP contribution in [0.4, 0.5) is 0 Å². The van der Waals surface area contributed by atoms with Crippen LogP contribution in [0.25, 0.3) is 11.0 Å². The van der Waals surface area contributed by atoms with Crippen LogP contribution in [-0.4, -0.2) is 27.8 Å². The van der Waals surface area contributed by atoms with E-state index in [0.717, 1.165) is 36.5 Å². The molecule has 0 bridgehead atoms. The van der Waals surface area contributed by atoms with Crippen LogP contribution in [0.2, 0.25) is 0 Å². The van der Waals surface area contributed by atoms with Crippen molar-refractivity contribution in [1.82, 2.24) is 14.5 Å². The number of hydrogen-bond acceptors (Lipinski definition) is 4. The number of fused-ring (bicyclic) bond motifs is 2. The lowest BCUT2D eigenvalue weighted by molar-refractivity contribution is 0.174. The van der Waals surface area contributed by atoms with Gasteiger partial charge in [-0.25, -0.2) is 4.98 Å². The predicted octanol–water partition coefficient (Wildman–Crippen LogP) is 3.95. The summed E-state index contributed by atoms with van der Waals surface area (Å²) in [5.74, 6) is 2.89. The van der Waals surface area contributed by atoms with Crippen molar-refractivity contribution in [3.8, 4) is 11.5 Å². The predicted molar refractivity (Wildman–Crippen MR) is 100 cm³/mol. The van der Waals surface area contributed by atoms with Crippen molar-refractivity contribution in [2.24, 2.45) is 7.05 Å². The van der Waals surface area contributed by atoms with Crippen LogP contribution in [-0.2, 0) is 13.6 Å². The lowest BCUT2D eigenvalue weighted by atomic mass is 10.1. The zero-order valence-corrected chi connectivity index (χ0v) is 15.2. The Morgan fingerprint density at radius 3 is 2.81 bits per heavy atom. The number of likely N-dealkylation sites (tertiary alicyclic amines) is 1. The van der Waals surface area contributed by atoms with E-state index < -0.39 is 0 Å². The number of aryl methyl sites for hydroxylation is 2. The Hall–Kier alpha value is -2.53. The Balaban J connectivity index is 1.47. The smallest absolute Gasteiger partial charge is 0.231 e. The normalized spacial score (nSPS) is 19.5. The van der Waals surface area contributed by atoms with Crippen molar-refractivity contribution >= 4 is 11.0 Å². The number of ether oxygens (including phenoxy) is 2. The summed E-state index contributed by atoms with van der Waals surface area (Å²) >= 11 is 0. The molecule has 2 aliphatic rings. The standard InChI is InChI=1S/C21H23N3O2/c1-14-10-19-20(26-13-25-19)11-15(14)12-24-9-5-8-18(24)21-22-16-6-3-4-7-17(16)23(21)2/h3-4,6-7,10-11,18H,5,8-9,12-13H2,1-2H3. The molecule has 0 saturated carbocycles. The van der Waals surface area contributed by atoms with Crippen molar-refractivity contribution in [3.63, 3.8) is 0 Å². The molecule has 1 saturated heterocycles. The molecule has 0 N–H and O–H groups in total. The molecule has 0 aliphatic carbocycles. The molecular weight excluding hydrogens is 326 g/mol. The third-order valence-electron chi connectivity index (χ3n) is 5.69. The number of hydrogen-bond donors (Lipinski definition) is 0. The first-order valence-electron chi connectivity index (χ1n) is 9.25. The molecule has 1 unspecified atom stereocenters. The van der Waals surface area contributed by atoms with E-state index in [9.17, 15) is 0 Å². The average molecular weight is 349 g/mol. The third kappa shape index (κ3) is 2.46. The molecule has 5 rings (SSSR count). The maximum absolute atomic E-state index is 5.57. The maximum Gasteiger partial charge on any atom is 0.231 e. The van der Waals surface area contributed by atoms with E-state index in [-0.39, 0.29) is 0 Å². The van der Waals surface area contributed by atoms with Gasteiger partial charge in [0.05, 0.1) is 17.1 Å². The Bertz CT molecular complexity index is 979. The third-order valence-corrected chi connectivity index (χ3v) is 5.69. The van der Waals surface area contributed by atoms with Gasteiger partial charge in [0.2, 0.25) is 6.79 Å². The summed E-state index contributed by atoms with van der Waals surface area (Å²) in [6, 6.07) is 13.0. The number of para-hydroxylation sites is 2. The van der Waals surface area contributed by atoms with Crippen LogP contribution in [0, 0.1) is 6.92 Å². The highest BCUT2D eigenvalue weighted by molar-refractivity contribution is 5.75. The van der Waals surface area contributed by atoms with Gasteiger partial charge < -0.3 is 14.0 Å². The Morgan fingerprint density at radius 1 is 1.15 bits per heavy atom. The maximum atomic E-state index is 5.57. The van der Waals surface area contributed by atoms with Crippen molar-refractivity contribution in [2.75, 3.05) is 13.3 Å². The fourth-order valence-corrected chi connectivity index (χ4v) is 4.24. The SMILES string of the molecule is Cc1cc2c(cc1CN1CCCC1c1nc3ccccc3n1C)OCO2. The number of rotatable bonds is 3. The second kappa shape index (κ2) is 6.02. The molecule has 3 heterocycles. The van der Waals surface area contributed by atoms with Crippen molar-refractivity contribution in [2.45, 2.75) is 32.4 Å². The Labute approximate surface area is 153 Å². The summed E-state index contributed by atoms with van der Waals surface area (Å²) in [4.78, 5) is 7.49. The molecule has 1 aromatic heterocycles. The number of aromatic nitrogens is 2. The molecule has 1 atom stereocenters. The van der Waals surface area contributed by atoms with Crippen LogP contribution in [0.3, 0.4) is 0 Å². The molecular formula is C21H23N3O2. The highest BCUT2D eigenvalue weighted by atomic mass is 16.7. The van der Waals surface area contributed by atoms with E-state index in [1.54, 1.807) is 0 Å². The van der Waals surface area contributed by atoms with E-state index in [0.29, 0.717) is 12.8 Å². The first-order chi connectivity index (χ1) is 12.7. The summed E-state index contributed by atoms with van der Waals surface area (Å²) < 4.78 is 13.3. The minimum absolute atomic E-state index is 0.324. The van der Waals surface area contributed by atoms with Gasteiger partial charge in [0.25, 0.3) is 0 Å². The van der Waals surface area contributed by atoms with Crippen molar-refractivity contribution in [3.05, 3.63) is 53.3 Å². The summed E-state index contributed by atoms with van der Waals surface area (Å²) in [5, 5.41) is 0. The fraction of sp³-hybridized carbons (Fsp3) is 0.381. The van der Waals surface area contributed by atoms with Crippen LogP contribution >= 0.6 is 0 Å². The van der Waals surface area contributed by atoms with Gasteiger partial charge in [0.1, 0.15) is 5.82 Å². The van der Waals surface area contributed by atoms with E-state index in [4.69, 9.17) is 14.5 Å². The van der Waals surface area contributed by atoms with Crippen molar-refractivity contribution in [1.29, 1.82) is 0 Å². The second-order valence-corrected chi connectivity index (χ2v) is 7.28. The summed E-state index contributed by atoms with van der Waals surface area (Å²) in [7, 11) is 2.13. The zero-order valence-electron chi connectivity index (χ0n) is 15.2. The first kappa shape index (κ1) is 15.7. The zero-order chi connectivity index (χ0) is 17.7. The highest BCUT2D eigenvalue weighted by Crippen LogP contribution is 2.38. The summed E-state index contributed by atoms with van der Waals surface area (Å²) in [6.45, 7) is 4.49. The van der Waals surface area contributed by atoms with Gasteiger partial charge in [-0.05, 0) is 61.7 Å². The van der Waals surface area contributed by atoms with Crippen LogP contribution in [0.1, 0.15) is 35.8 Å². The molecule has 2 aliphatic heterocycles. The molecule has 2 aromatic carbocycles. The second-order valence-electron chi connectivity index (χ2n) is 7.28. The molecule has 1 fully saturated rings. The summed E-state index contributed by atoms with van der Waals surface area (Å²) in [5.41, 5.74) is 4.84. The minimum atomic E-state index is 0.324. The van der Waals surface area contributed by atoms with Crippen LogP contribution in [0.5, 0.6) is 11.5 Å². The molecule has 5 nitrogen and oxygen atoms in total. The average Bonchev–Trinajstić information content (AvgIpc) is 3.35. The monoisotopic (exact) mass is 349 g/mol. The van der Waals surface area contributed by atoms with Gasteiger partial charge in [-0.15, -0.1) is 0 Å². The lowest BCUT2D eigenvalue weighted by Gasteiger charge is -2.25. The molecule has 0 radical (unpaired) electrons. The largest absolute Gasteiger partial charge is 0.454 e. The van der Waals surface area contributed by atoms with Gasteiger partial charge >= 0.3 is 0 Å². The molecule has 134 valence electrons. The molecule has 0 amide bonds. The van der Waals surface area contributed by atoms with Crippen LogP contribution < -0.4 is 9.47 Å². The van der Waals surface area contributed by atoms with Crippen molar-refractivity contribution < 1.29 is 9.47 Å².